The van der Waals surface area contributed by atoms with Crippen LogP contribution in [0.25, 0.3) is 0 Å². The molecule has 0 aromatic heterocycles. The first-order chi connectivity index (χ1) is 12.0. The summed E-state index contributed by atoms with van der Waals surface area (Å²) in [4.78, 5) is 14.0. The molecule has 3 rings (SSSR count). The van der Waals surface area contributed by atoms with Crippen LogP contribution < -0.4 is 4.74 Å². The lowest BCUT2D eigenvalue weighted by Crippen LogP contribution is -2.32. The number of carbonyl (C=O) groups excluding carboxylic acids is 1. The predicted molar refractivity (Wildman–Crippen MR) is 88.0 cm³/mol. The zero-order chi connectivity index (χ0) is 17.8. The minimum atomic E-state index is -0.648. The van der Waals surface area contributed by atoms with Crippen LogP contribution in [0.3, 0.4) is 0 Å². The van der Waals surface area contributed by atoms with Crippen molar-refractivity contribution in [1.82, 2.24) is 4.90 Å². The van der Waals surface area contributed by atoms with E-state index in [-0.39, 0.29) is 43.1 Å². The van der Waals surface area contributed by atoms with E-state index in [9.17, 15) is 18.7 Å². The number of halogens is 2. The molecule has 6 heteroatoms. The molecule has 1 N–H and O–H groups in total. The zero-order valence-electron chi connectivity index (χ0n) is 13.6. The molecule has 1 heterocycles. The summed E-state index contributed by atoms with van der Waals surface area (Å²) in [6.45, 7) is 0.224. The van der Waals surface area contributed by atoms with Crippen LogP contribution in [0.1, 0.15) is 24.4 Å². The number of ether oxygens (including phenoxy) is 1. The molecule has 1 aliphatic rings. The number of para-hydroxylation sites is 1. The number of amides is 1. The molecule has 0 unspecified atom stereocenters. The molecule has 2 atom stereocenters. The minimum absolute atomic E-state index is 0.0300. The summed E-state index contributed by atoms with van der Waals surface area (Å²) in [7, 11) is 0. The van der Waals surface area contributed by atoms with Gasteiger partial charge in [0.15, 0.2) is 11.6 Å². The van der Waals surface area contributed by atoms with Gasteiger partial charge in [0.2, 0.25) is 5.91 Å². The second-order valence-electron chi connectivity index (χ2n) is 6.04. The van der Waals surface area contributed by atoms with E-state index in [2.05, 4.69) is 0 Å². The molecule has 2 aromatic rings. The molecule has 1 fully saturated rings. The Hall–Kier alpha value is -2.47. The van der Waals surface area contributed by atoms with Gasteiger partial charge >= 0.3 is 0 Å². The van der Waals surface area contributed by atoms with Crippen molar-refractivity contribution in [1.29, 1.82) is 0 Å². The van der Waals surface area contributed by atoms with Crippen molar-refractivity contribution in [3.63, 3.8) is 0 Å². The second-order valence-corrected chi connectivity index (χ2v) is 6.04. The molecule has 4 nitrogen and oxygen atoms in total. The van der Waals surface area contributed by atoms with Crippen LogP contribution in [-0.4, -0.2) is 35.2 Å². The molecule has 2 aromatic carbocycles. The van der Waals surface area contributed by atoms with Gasteiger partial charge in [0.25, 0.3) is 0 Å². The van der Waals surface area contributed by atoms with Gasteiger partial charge in [-0.1, -0.05) is 24.3 Å². The van der Waals surface area contributed by atoms with Crippen LogP contribution in [0.5, 0.6) is 5.75 Å². The number of hydrogen-bond acceptors (Lipinski definition) is 3. The van der Waals surface area contributed by atoms with Gasteiger partial charge < -0.3 is 14.7 Å². The number of benzene rings is 2. The summed E-state index contributed by atoms with van der Waals surface area (Å²) in [5.41, 5.74) is 0.653. The Labute approximate surface area is 144 Å². The van der Waals surface area contributed by atoms with Crippen LogP contribution >= 0.6 is 0 Å². The number of aliphatic hydroxyl groups excluding tert-OH is 1. The van der Waals surface area contributed by atoms with Crippen LogP contribution in [0, 0.1) is 11.6 Å². The van der Waals surface area contributed by atoms with E-state index in [1.807, 2.05) is 0 Å². The number of β-amino-alcohol motifs (C(OH)–C–C–N with tert-alkyl or cyclic N) is 1. The van der Waals surface area contributed by atoms with Gasteiger partial charge in [-0.2, -0.15) is 0 Å². The van der Waals surface area contributed by atoms with Gasteiger partial charge in [-0.15, -0.1) is 0 Å². The summed E-state index contributed by atoms with van der Waals surface area (Å²) in [6, 6.07) is 11.7. The van der Waals surface area contributed by atoms with Crippen molar-refractivity contribution >= 4 is 5.91 Å². The van der Waals surface area contributed by atoms with E-state index >= 15 is 0 Å². The third kappa shape index (κ3) is 4.14. The van der Waals surface area contributed by atoms with E-state index in [4.69, 9.17) is 4.74 Å². The molecular weight excluding hydrogens is 328 g/mol. The van der Waals surface area contributed by atoms with E-state index in [1.54, 1.807) is 24.3 Å². The van der Waals surface area contributed by atoms with Gasteiger partial charge in [0.05, 0.1) is 25.2 Å². The van der Waals surface area contributed by atoms with Crippen LogP contribution in [0.4, 0.5) is 8.78 Å². The minimum Gasteiger partial charge on any atom is -0.490 e. The third-order valence-corrected chi connectivity index (χ3v) is 4.24. The predicted octanol–water partition coefficient (Wildman–Crippen LogP) is 3.07. The highest BCUT2D eigenvalue weighted by molar-refractivity contribution is 5.77. The molecule has 1 aliphatic heterocycles. The molecule has 0 bridgehead atoms. The van der Waals surface area contributed by atoms with E-state index in [0.29, 0.717) is 12.0 Å². The topological polar surface area (TPSA) is 49.8 Å². The highest BCUT2D eigenvalue weighted by Gasteiger charge is 2.35. The van der Waals surface area contributed by atoms with Gasteiger partial charge in [-0.25, -0.2) is 8.78 Å². The van der Waals surface area contributed by atoms with Crippen molar-refractivity contribution in [3.05, 3.63) is 65.7 Å². The number of aliphatic hydroxyl groups is 1. The maximum atomic E-state index is 13.5. The SMILES string of the molecule is O=C(CCOc1ccccc1F)N1C[C@H](O)C[C@H]1c1cccc(F)c1. The normalized spacial score (nSPS) is 19.9. The van der Waals surface area contributed by atoms with E-state index in [1.165, 1.54) is 29.2 Å². The lowest BCUT2D eigenvalue weighted by Gasteiger charge is -2.25. The molecule has 1 amide bonds. The van der Waals surface area contributed by atoms with Crippen molar-refractivity contribution in [2.45, 2.75) is 25.0 Å². The number of hydrogen-bond donors (Lipinski definition) is 1. The average Bonchev–Trinajstić information content (AvgIpc) is 2.98. The van der Waals surface area contributed by atoms with E-state index < -0.39 is 11.9 Å². The number of nitrogens with zero attached hydrogens (tertiary/aromatic N) is 1. The molecule has 0 aliphatic carbocycles. The van der Waals surface area contributed by atoms with Gasteiger partial charge in [0, 0.05) is 6.54 Å². The number of carbonyl (C=O) groups is 1. The zero-order valence-corrected chi connectivity index (χ0v) is 13.6. The Kier molecular flexibility index (Phi) is 5.28. The maximum Gasteiger partial charge on any atom is 0.226 e. The number of rotatable bonds is 5. The van der Waals surface area contributed by atoms with Crippen molar-refractivity contribution in [3.8, 4) is 5.75 Å². The number of likely N-dealkylation sites (tertiary alicyclic amines) is 1. The smallest absolute Gasteiger partial charge is 0.226 e. The summed E-state index contributed by atoms with van der Waals surface area (Å²) in [5, 5.41) is 9.92. The molecule has 0 radical (unpaired) electrons. The lowest BCUT2D eigenvalue weighted by atomic mass is 10.0. The maximum absolute atomic E-state index is 13.5. The molecule has 25 heavy (non-hydrogen) atoms. The monoisotopic (exact) mass is 347 g/mol. The van der Waals surface area contributed by atoms with Crippen molar-refractivity contribution < 1.29 is 23.4 Å². The highest BCUT2D eigenvalue weighted by atomic mass is 19.1. The van der Waals surface area contributed by atoms with Crippen LogP contribution in [-0.2, 0) is 4.79 Å². The van der Waals surface area contributed by atoms with Gasteiger partial charge in [-0.3, -0.25) is 4.79 Å². The lowest BCUT2D eigenvalue weighted by molar-refractivity contribution is -0.133. The third-order valence-electron chi connectivity index (χ3n) is 4.24. The van der Waals surface area contributed by atoms with Crippen molar-refractivity contribution in [2.24, 2.45) is 0 Å². The molecule has 132 valence electrons. The van der Waals surface area contributed by atoms with Crippen LogP contribution in [0.15, 0.2) is 48.5 Å². The van der Waals surface area contributed by atoms with E-state index in [0.717, 1.165) is 0 Å². The average molecular weight is 347 g/mol. The molecule has 0 spiro atoms. The quantitative estimate of drug-likeness (QED) is 0.904. The fourth-order valence-corrected chi connectivity index (χ4v) is 3.07. The molecule has 1 saturated heterocycles. The Balaban J connectivity index is 1.63. The fraction of sp³-hybridized carbons (Fsp3) is 0.316. The largest absolute Gasteiger partial charge is 0.490 e. The van der Waals surface area contributed by atoms with Crippen molar-refractivity contribution in [2.75, 3.05) is 13.2 Å². The molecule has 0 saturated carbocycles. The first-order valence-corrected chi connectivity index (χ1v) is 8.15. The van der Waals surface area contributed by atoms with Gasteiger partial charge in [0.1, 0.15) is 5.82 Å². The molecular formula is C19H19F2NO3. The Morgan fingerprint density at radius 1 is 1.20 bits per heavy atom. The first-order valence-electron chi connectivity index (χ1n) is 8.15. The first kappa shape index (κ1) is 17.4. The Bertz CT molecular complexity index is 753. The highest BCUT2D eigenvalue weighted by Crippen LogP contribution is 2.33. The fourth-order valence-electron chi connectivity index (χ4n) is 3.07. The Morgan fingerprint density at radius 3 is 2.76 bits per heavy atom. The second kappa shape index (κ2) is 7.61. The summed E-state index contributed by atoms with van der Waals surface area (Å²) >= 11 is 0. The van der Waals surface area contributed by atoms with Crippen LogP contribution in [0.2, 0.25) is 0 Å². The summed E-state index contributed by atoms with van der Waals surface area (Å²) in [6.07, 6.45) is -0.235. The standard InChI is InChI=1S/C19H19F2NO3/c20-14-5-3-4-13(10-14)17-11-15(23)12-22(17)19(24)8-9-25-18-7-2-1-6-16(18)21/h1-7,10,15,17,23H,8-9,11-12H2/t15-,17+/m1/s1. The Morgan fingerprint density at radius 2 is 2.00 bits per heavy atom. The summed E-state index contributed by atoms with van der Waals surface area (Å²) in [5.74, 6) is -0.987. The van der Waals surface area contributed by atoms with Gasteiger partial charge in [-0.05, 0) is 36.2 Å². The summed E-state index contributed by atoms with van der Waals surface area (Å²) < 4.78 is 32.3.